The molecule has 1 aliphatic rings. The number of piperidine rings is 1. The van der Waals surface area contributed by atoms with Gasteiger partial charge in [-0.15, -0.1) is 0 Å². The fourth-order valence-electron chi connectivity index (χ4n) is 3.24. The Morgan fingerprint density at radius 3 is 2.83 bits per heavy atom. The third kappa shape index (κ3) is 3.41. The van der Waals surface area contributed by atoms with Crippen molar-refractivity contribution in [2.45, 2.75) is 31.3 Å². The van der Waals surface area contributed by atoms with Gasteiger partial charge in [0, 0.05) is 0 Å². The molecule has 122 valence electrons. The van der Waals surface area contributed by atoms with E-state index in [0.717, 1.165) is 30.5 Å². The largest absolute Gasteiger partial charge is 0.480 e. The van der Waals surface area contributed by atoms with Crippen LogP contribution in [0.15, 0.2) is 35.0 Å². The lowest BCUT2D eigenvalue weighted by Crippen LogP contribution is -2.46. The second-order valence-electron chi connectivity index (χ2n) is 5.69. The Balaban J connectivity index is 2.09. The maximum Gasteiger partial charge on any atom is 0.320 e. The van der Waals surface area contributed by atoms with Crippen LogP contribution in [0.2, 0.25) is 10.0 Å². The number of carbonyl (C=O) groups is 1. The number of likely N-dealkylation sites (tertiary alicyclic amines) is 1. The molecule has 0 aliphatic carbocycles. The number of rotatable bonds is 4. The van der Waals surface area contributed by atoms with Gasteiger partial charge in [-0.05, 0) is 53.4 Å². The fraction of sp³-hybridized carbons (Fsp3) is 0.353. The van der Waals surface area contributed by atoms with Gasteiger partial charge in [0.2, 0.25) is 0 Å². The van der Waals surface area contributed by atoms with E-state index in [1.807, 2.05) is 28.5 Å². The molecule has 0 amide bonds. The minimum atomic E-state index is -0.775. The number of aliphatic carboxylic acids is 1. The zero-order valence-electron chi connectivity index (χ0n) is 12.4. The SMILES string of the molecule is O=C(O)C1CCCCN1C(c1ccsc1)c1cccc(Cl)c1Cl. The molecular formula is C17H17Cl2NO2S. The maximum atomic E-state index is 11.7. The predicted molar refractivity (Wildman–Crippen MR) is 94.6 cm³/mol. The van der Waals surface area contributed by atoms with Crippen LogP contribution in [0.3, 0.4) is 0 Å². The third-order valence-corrected chi connectivity index (χ3v) is 5.83. The molecule has 1 aliphatic heterocycles. The van der Waals surface area contributed by atoms with Gasteiger partial charge in [-0.1, -0.05) is 41.8 Å². The van der Waals surface area contributed by atoms with Crippen LogP contribution in [0.5, 0.6) is 0 Å². The normalized spacial score (nSPS) is 20.3. The Hall–Kier alpha value is -1.07. The minimum Gasteiger partial charge on any atom is -0.480 e. The van der Waals surface area contributed by atoms with Crippen LogP contribution >= 0.6 is 34.5 Å². The first kappa shape index (κ1) is 16.8. The molecule has 2 heterocycles. The van der Waals surface area contributed by atoms with E-state index in [2.05, 4.69) is 5.38 Å². The Bertz CT molecular complexity index is 690. The third-order valence-electron chi connectivity index (χ3n) is 4.30. The van der Waals surface area contributed by atoms with Crippen molar-refractivity contribution in [2.75, 3.05) is 6.54 Å². The van der Waals surface area contributed by atoms with E-state index < -0.39 is 12.0 Å². The van der Waals surface area contributed by atoms with E-state index in [0.29, 0.717) is 16.5 Å². The van der Waals surface area contributed by atoms with Gasteiger partial charge in [-0.3, -0.25) is 9.69 Å². The van der Waals surface area contributed by atoms with E-state index in [1.54, 1.807) is 17.4 Å². The molecule has 1 N–H and O–H groups in total. The first-order chi connectivity index (χ1) is 11.1. The van der Waals surface area contributed by atoms with Crippen LogP contribution in [-0.4, -0.2) is 28.6 Å². The van der Waals surface area contributed by atoms with E-state index in [9.17, 15) is 9.90 Å². The predicted octanol–water partition coefficient (Wildman–Crippen LogP) is 5.08. The number of halogens is 2. The second kappa shape index (κ2) is 7.22. The molecule has 2 unspecified atom stereocenters. The Labute approximate surface area is 149 Å². The number of thiophene rings is 1. The molecule has 0 bridgehead atoms. The lowest BCUT2D eigenvalue weighted by molar-refractivity contribution is -0.145. The van der Waals surface area contributed by atoms with E-state index in [1.165, 1.54) is 0 Å². The molecular weight excluding hydrogens is 353 g/mol. The first-order valence-corrected chi connectivity index (χ1v) is 9.24. The summed E-state index contributed by atoms with van der Waals surface area (Å²) in [6.07, 6.45) is 2.59. The monoisotopic (exact) mass is 369 g/mol. The van der Waals surface area contributed by atoms with Gasteiger partial charge in [-0.2, -0.15) is 11.3 Å². The summed E-state index contributed by atoms with van der Waals surface area (Å²) in [5.74, 6) is -0.775. The lowest BCUT2D eigenvalue weighted by atomic mass is 9.93. The molecule has 23 heavy (non-hydrogen) atoms. The molecule has 2 atom stereocenters. The fourth-order valence-corrected chi connectivity index (χ4v) is 4.33. The number of nitrogens with zero attached hydrogens (tertiary/aromatic N) is 1. The van der Waals surface area contributed by atoms with Crippen LogP contribution in [0.25, 0.3) is 0 Å². The van der Waals surface area contributed by atoms with Crippen LogP contribution < -0.4 is 0 Å². The number of carboxylic acid groups (broad SMARTS) is 1. The van der Waals surface area contributed by atoms with Gasteiger partial charge < -0.3 is 5.11 Å². The van der Waals surface area contributed by atoms with Crippen molar-refractivity contribution in [3.63, 3.8) is 0 Å². The molecule has 3 rings (SSSR count). The average Bonchev–Trinajstić information content (AvgIpc) is 3.06. The smallest absolute Gasteiger partial charge is 0.320 e. The van der Waals surface area contributed by atoms with Crippen LogP contribution in [-0.2, 0) is 4.79 Å². The van der Waals surface area contributed by atoms with Crippen molar-refractivity contribution in [3.05, 3.63) is 56.2 Å². The van der Waals surface area contributed by atoms with Crippen molar-refractivity contribution >= 4 is 40.5 Å². The number of benzene rings is 1. The van der Waals surface area contributed by atoms with E-state index in [4.69, 9.17) is 23.2 Å². The summed E-state index contributed by atoms with van der Waals surface area (Å²) in [5.41, 5.74) is 1.93. The highest BCUT2D eigenvalue weighted by molar-refractivity contribution is 7.08. The Kier molecular flexibility index (Phi) is 5.27. The summed E-state index contributed by atoms with van der Waals surface area (Å²) in [4.78, 5) is 13.8. The Morgan fingerprint density at radius 1 is 1.30 bits per heavy atom. The summed E-state index contributed by atoms with van der Waals surface area (Å²) in [7, 11) is 0. The average molecular weight is 370 g/mol. The second-order valence-corrected chi connectivity index (χ2v) is 7.26. The molecule has 2 aromatic rings. The van der Waals surface area contributed by atoms with Gasteiger partial charge in [0.05, 0.1) is 16.1 Å². The molecule has 1 aromatic heterocycles. The van der Waals surface area contributed by atoms with Crippen LogP contribution in [0.1, 0.15) is 36.4 Å². The molecule has 0 radical (unpaired) electrons. The zero-order valence-corrected chi connectivity index (χ0v) is 14.7. The van der Waals surface area contributed by atoms with Gasteiger partial charge in [0.25, 0.3) is 0 Å². The number of hydrogen-bond acceptors (Lipinski definition) is 3. The molecule has 0 spiro atoms. The maximum absolute atomic E-state index is 11.7. The highest BCUT2D eigenvalue weighted by atomic mass is 35.5. The van der Waals surface area contributed by atoms with Gasteiger partial charge in [-0.25, -0.2) is 0 Å². The quantitative estimate of drug-likeness (QED) is 0.816. The highest BCUT2D eigenvalue weighted by Crippen LogP contribution is 2.40. The number of carboxylic acids is 1. The molecule has 1 saturated heterocycles. The first-order valence-electron chi connectivity index (χ1n) is 7.54. The molecule has 3 nitrogen and oxygen atoms in total. The summed E-state index contributed by atoms with van der Waals surface area (Å²) < 4.78 is 0. The standard InChI is InChI=1S/C17H17Cl2NO2S/c18-13-5-3-4-12(15(13)19)16(11-7-9-23-10-11)20-8-2-1-6-14(20)17(21)22/h3-5,7,9-10,14,16H,1-2,6,8H2,(H,21,22). The molecule has 6 heteroatoms. The topological polar surface area (TPSA) is 40.5 Å². The van der Waals surface area contributed by atoms with E-state index in [-0.39, 0.29) is 6.04 Å². The van der Waals surface area contributed by atoms with Crippen molar-refractivity contribution in [1.82, 2.24) is 4.90 Å². The Morgan fingerprint density at radius 2 is 2.13 bits per heavy atom. The molecule has 1 fully saturated rings. The van der Waals surface area contributed by atoms with Crippen LogP contribution in [0.4, 0.5) is 0 Å². The van der Waals surface area contributed by atoms with Crippen molar-refractivity contribution in [2.24, 2.45) is 0 Å². The minimum absolute atomic E-state index is 0.186. The summed E-state index contributed by atoms with van der Waals surface area (Å²) >= 11 is 14.2. The van der Waals surface area contributed by atoms with Gasteiger partial charge in [0.15, 0.2) is 0 Å². The van der Waals surface area contributed by atoms with Crippen molar-refractivity contribution in [3.8, 4) is 0 Å². The number of hydrogen-bond donors (Lipinski definition) is 1. The summed E-state index contributed by atoms with van der Waals surface area (Å²) in [6.45, 7) is 0.736. The van der Waals surface area contributed by atoms with Crippen molar-refractivity contribution < 1.29 is 9.90 Å². The van der Waals surface area contributed by atoms with E-state index >= 15 is 0 Å². The summed E-state index contributed by atoms with van der Waals surface area (Å²) in [5, 5.41) is 14.7. The van der Waals surface area contributed by atoms with Crippen molar-refractivity contribution in [1.29, 1.82) is 0 Å². The highest BCUT2D eigenvalue weighted by Gasteiger charge is 2.36. The molecule has 0 saturated carbocycles. The molecule has 1 aromatic carbocycles. The van der Waals surface area contributed by atoms with Gasteiger partial charge in [0.1, 0.15) is 6.04 Å². The lowest BCUT2D eigenvalue weighted by Gasteiger charge is -2.39. The van der Waals surface area contributed by atoms with Gasteiger partial charge >= 0.3 is 5.97 Å². The van der Waals surface area contributed by atoms with Crippen LogP contribution in [0, 0.1) is 0 Å². The zero-order chi connectivity index (χ0) is 16.4. The summed E-state index contributed by atoms with van der Waals surface area (Å²) in [6, 6.07) is 6.90.